The Kier molecular flexibility index (Phi) is 7.39. The molecule has 7 heteroatoms. The van der Waals surface area contributed by atoms with Crippen molar-refractivity contribution in [1.29, 1.82) is 0 Å². The summed E-state index contributed by atoms with van der Waals surface area (Å²) in [6, 6.07) is 0. The summed E-state index contributed by atoms with van der Waals surface area (Å²) in [5.74, 6) is 0. The normalized spacial score (nSPS) is 34.1. The molecule has 0 spiro atoms. The number of alkyl halides is 2. The van der Waals surface area contributed by atoms with Crippen molar-refractivity contribution in [1.82, 2.24) is 19.6 Å². The molecule has 19 heavy (non-hydrogen) atoms. The van der Waals surface area contributed by atoms with Crippen molar-refractivity contribution in [2.45, 2.75) is 4.46 Å². The Morgan fingerprint density at radius 3 is 1.89 bits per heavy atom. The minimum Gasteiger partial charge on any atom is -0.304 e. The summed E-state index contributed by atoms with van der Waals surface area (Å²) >= 11 is 13.1. The van der Waals surface area contributed by atoms with E-state index in [0.717, 1.165) is 52.4 Å². The van der Waals surface area contributed by atoms with Gasteiger partial charge in [-0.05, 0) is 14.1 Å². The van der Waals surface area contributed by atoms with E-state index >= 15 is 0 Å². The number of hydrogen-bond acceptors (Lipinski definition) is 4. The second-order valence-corrected chi connectivity index (χ2v) is 6.98. The molecule has 4 nitrogen and oxygen atoms in total. The van der Waals surface area contributed by atoms with Gasteiger partial charge in [0.2, 0.25) is 0 Å². The van der Waals surface area contributed by atoms with Crippen LogP contribution in [0, 0.1) is 0 Å². The van der Waals surface area contributed by atoms with Crippen LogP contribution in [0.4, 0.5) is 0 Å². The molecule has 2 aliphatic heterocycles. The van der Waals surface area contributed by atoms with Crippen LogP contribution >= 0.6 is 23.2 Å². The maximum Gasteiger partial charge on any atom is 0.184 e. The van der Waals surface area contributed by atoms with Crippen molar-refractivity contribution in [3.8, 4) is 0 Å². The van der Waals surface area contributed by atoms with Crippen LogP contribution in [0.15, 0.2) is 0 Å². The molecule has 2 bridgehead atoms. The Balaban J connectivity index is 0.00000180. The zero-order chi connectivity index (χ0) is 13.2. The molecule has 2 unspecified atom stereocenters. The van der Waals surface area contributed by atoms with E-state index in [1.165, 1.54) is 0 Å². The molecule has 2 rings (SSSR count). The van der Waals surface area contributed by atoms with Crippen LogP contribution in [0.5, 0.6) is 0 Å². The SMILES string of the molecule is CN1CCN2CCN(C)CC(Cl)(Cl)N(CC1)CC2.[Cu]. The van der Waals surface area contributed by atoms with E-state index in [1.54, 1.807) is 0 Å². The molecular weight excluding hydrogens is 335 g/mol. The summed E-state index contributed by atoms with van der Waals surface area (Å²) in [7, 11) is 4.27. The monoisotopic (exact) mass is 357 g/mol. The van der Waals surface area contributed by atoms with Gasteiger partial charge >= 0.3 is 0 Å². The summed E-state index contributed by atoms with van der Waals surface area (Å²) in [6.45, 7) is 9.06. The first-order chi connectivity index (χ1) is 8.47. The molecule has 2 aliphatic rings. The number of rotatable bonds is 0. The van der Waals surface area contributed by atoms with Gasteiger partial charge < -0.3 is 9.80 Å². The number of fused-ring (bicyclic) bond motifs is 3. The molecule has 0 saturated carbocycles. The van der Waals surface area contributed by atoms with E-state index in [0.29, 0.717) is 6.54 Å². The molecule has 0 aromatic heterocycles. The zero-order valence-electron chi connectivity index (χ0n) is 11.7. The third-order valence-electron chi connectivity index (χ3n) is 3.96. The quantitative estimate of drug-likeness (QED) is 0.357. The topological polar surface area (TPSA) is 13.0 Å². The van der Waals surface area contributed by atoms with Crippen LogP contribution < -0.4 is 0 Å². The number of halogens is 2. The van der Waals surface area contributed by atoms with Gasteiger partial charge in [-0.25, -0.2) is 0 Å². The molecule has 0 aromatic rings. The van der Waals surface area contributed by atoms with Gasteiger partial charge in [-0.3, -0.25) is 9.80 Å². The summed E-state index contributed by atoms with van der Waals surface area (Å²) in [5.41, 5.74) is 0. The van der Waals surface area contributed by atoms with Gasteiger partial charge in [0.25, 0.3) is 0 Å². The molecule has 0 aromatic carbocycles. The fourth-order valence-electron chi connectivity index (χ4n) is 2.57. The minimum absolute atomic E-state index is 0. The molecule has 0 aliphatic carbocycles. The van der Waals surface area contributed by atoms with E-state index in [1.807, 2.05) is 0 Å². The summed E-state index contributed by atoms with van der Waals surface area (Å²) in [6.07, 6.45) is 0. The predicted octanol–water partition coefficient (Wildman–Crippen LogP) is 0.610. The number of likely N-dealkylation sites (N-methyl/N-ethyl adjacent to an activating group) is 2. The third kappa shape index (κ3) is 5.33. The number of nitrogens with zero attached hydrogens (tertiary/aromatic N) is 4. The fourth-order valence-corrected chi connectivity index (χ4v) is 3.31. The molecule has 2 saturated heterocycles. The second-order valence-electron chi connectivity index (χ2n) is 5.54. The molecule has 117 valence electrons. The van der Waals surface area contributed by atoms with Gasteiger partial charge in [0.15, 0.2) is 4.46 Å². The van der Waals surface area contributed by atoms with Crippen LogP contribution in [0.25, 0.3) is 0 Å². The summed E-state index contributed by atoms with van der Waals surface area (Å²) in [4.78, 5) is 9.32. The Morgan fingerprint density at radius 1 is 0.737 bits per heavy atom. The van der Waals surface area contributed by atoms with Gasteiger partial charge in [0.05, 0.1) is 0 Å². The molecule has 1 radical (unpaired) electrons. The predicted molar refractivity (Wildman–Crippen MR) is 77.4 cm³/mol. The maximum atomic E-state index is 6.55. The molecule has 0 N–H and O–H groups in total. The third-order valence-corrected chi connectivity index (χ3v) is 4.67. The first-order valence-electron chi connectivity index (χ1n) is 6.70. The molecular formula is C12H24Cl2CuN4. The smallest absolute Gasteiger partial charge is 0.184 e. The average Bonchev–Trinajstić information content (AvgIpc) is 2.40. The standard InChI is InChI=1S/C12H24Cl2N4.Cu/c1-15-3-6-17-7-4-16(2)11-12(13,14)18(9-5-15)10-8-17;/h3-11H2,1-2H3;. The van der Waals surface area contributed by atoms with Crippen LogP contribution in [-0.2, 0) is 17.1 Å². The molecule has 2 heterocycles. The van der Waals surface area contributed by atoms with E-state index in [9.17, 15) is 0 Å². The summed E-state index contributed by atoms with van der Waals surface area (Å²) < 4.78 is -0.768. The minimum atomic E-state index is -0.768. The molecule has 2 atom stereocenters. The van der Waals surface area contributed by atoms with Crippen molar-refractivity contribution in [3.05, 3.63) is 0 Å². The van der Waals surface area contributed by atoms with Gasteiger partial charge in [-0.15, -0.1) is 0 Å². The largest absolute Gasteiger partial charge is 0.304 e. The van der Waals surface area contributed by atoms with Crippen molar-refractivity contribution in [3.63, 3.8) is 0 Å². The van der Waals surface area contributed by atoms with Gasteiger partial charge in [0.1, 0.15) is 0 Å². The molecule has 2 fully saturated rings. The van der Waals surface area contributed by atoms with Crippen LogP contribution in [0.2, 0.25) is 0 Å². The van der Waals surface area contributed by atoms with E-state index in [4.69, 9.17) is 23.2 Å². The Hall–Kier alpha value is 0.939. The molecule has 0 amide bonds. The second kappa shape index (κ2) is 7.81. The van der Waals surface area contributed by atoms with Crippen molar-refractivity contribution in [2.24, 2.45) is 0 Å². The zero-order valence-corrected chi connectivity index (χ0v) is 14.2. The van der Waals surface area contributed by atoms with Crippen molar-refractivity contribution in [2.75, 3.05) is 73.0 Å². The van der Waals surface area contributed by atoms with Gasteiger partial charge in [-0.1, -0.05) is 23.2 Å². The Labute approximate surface area is 137 Å². The Morgan fingerprint density at radius 2 is 1.21 bits per heavy atom. The van der Waals surface area contributed by atoms with Gasteiger partial charge in [-0.2, -0.15) is 0 Å². The van der Waals surface area contributed by atoms with E-state index in [2.05, 4.69) is 33.7 Å². The van der Waals surface area contributed by atoms with Crippen LogP contribution in [0.1, 0.15) is 0 Å². The number of hydrogen-bond donors (Lipinski definition) is 0. The Bertz CT molecular complexity index is 280. The van der Waals surface area contributed by atoms with Gasteiger partial charge in [0, 0.05) is 76.0 Å². The maximum absolute atomic E-state index is 6.55. The average molecular weight is 359 g/mol. The summed E-state index contributed by atoms with van der Waals surface area (Å²) in [5, 5.41) is 0. The van der Waals surface area contributed by atoms with Crippen molar-refractivity contribution >= 4 is 23.2 Å². The van der Waals surface area contributed by atoms with E-state index < -0.39 is 4.46 Å². The first-order valence-corrected chi connectivity index (χ1v) is 7.45. The van der Waals surface area contributed by atoms with Crippen LogP contribution in [0.3, 0.4) is 0 Å². The van der Waals surface area contributed by atoms with Crippen LogP contribution in [-0.4, -0.2) is 97.1 Å². The first kappa shape index (κ1) is 18.0. The van der Waals surface area contributed by atoms with Crippen molar-refractivity contribution < 1.29 is 17.1 Å². The fraction of sp³-hybridized carbons (Fsp3) is 1.00. The van der Waals surface area contributed by atoms with E-state index in [-0.39, 0.29) is 17.1 Å².